The smallest absolute Gasteiger partial charge is 0.0728 e. The minimum absolute atomic E-state index is 0.471. The van der Waals surface area contributed by atoms with Crippen LogP contribution >= 0.6 is 0 Å². The van der Waals surface area contributed by atoms with Gasteiger partial charge in [0, 0.05) is 12.6 Å². The summed E-state index contributed by atoms with van der Waals surface area (Å²) in [6.45, 7) is 6.42. The molecule has 0 bridgehead atoms. The molecule has 15 heavy (non-hydrogen) atoms. The zero-order chi connectivity index (χ0) is 10.9. The van der Waals surface area contributed by atoms with Crippen molar-refractivity contribution in [2.75, 3.05) is 13.2 Å². The molecule has 2 heteroatoms. The number of rotatable bonds is 6. The van der Waals surface area contributed by atoms with Crippen LogP contribution in [0.25, 0.3) is 0 Å². The largest absolute Gasteiger partial charge is 0.377 e. The standard InChI is InChI=1S/C13H27NO/c1-3-5-11-15-13-10-8-6-7-9-12(13)14-4-2/h12-14H,3-11H2,1-2H3. The molecule has 0 aromatic rings. The van der Waals surface area contributed by atoms with Gasteiger partial charge in [-0.1, -0.05) is 39.5 Å². The fraction of sp³-hybridized carbons (Fsp3) is 1.00. The lowest BCUT2D eigenvalue weighted by molar-refractivity contribution is 0.0210. The third-order valence-electron chi connectivity index (χ3n) is 3.25. The van der Waals surface area contributed by atoms with Gasteiger partial charge in [-0.05, 0) is 25.8 Å². The SMILES string of the molecule is CCCCOC1CCCCCC1NCC. The van der Waals surface area contributed by atoms with E-state index in [9.17, 15) is 0 Å². The molecule has 0 amide bonds. The second-order valence-electron chi connectivity index (χ2n) is 4.56. The Morgan fingerprint density at radius 3 is 2.67 bits per heavy atom. The Hall–Kier alpha value is -0.0800. The number of hydrogen-bond donors (Lipinski definition) is 1. The molecule has 1 saturated carbocycles. The maximum absolute atomic E-state index is 6.01. The monoisotopic (exact) mass is 213 g/mol. The summed E-state index contributed by atoms with van der Waals surface area (Å²) in [6.07, 6.45) is 9.55. The maximum atomic E-state index is 6.01. The molecule has 1 N–H and O–H groups in total. The summed E-state index contributed by atoms with van der Waals surface area (Å²) in [5.41, 5.74) is 0. The van der Waals surface area contributed by atoms with Crippen LogP contribution in [0.15, 0.2) is 0 Å². The highest BCUT2D eigenvalue weighted by molar-refractivity contribution is 4.79. The fourth-order valence-corrected chi connectivity index (χ4v) is 2.35. The van der Waals surface area contributed by atoms with E-state index < -0.39 is 0 Å². The van der Waals surface area contributed by atoms with Crippen molar-refractivity contribution in [2.24, 2.45) is 0 Å². The van der Waals surface area contributed by atoms with Crippen LogP contribution in [0.3, 0.4) is 0 Å². The van der Waals surface area contributed by atoms with Gasteiger partial charge >= 0.3 is 0 Å². The van der Waals surface area contributed by atoms with E-state index in [-0.39, 0.29) is 0 Å². The van der Waals surface area contributed by atoms with Crippen LogP contribution in [0.1, 0.15) is 58.8 Å². The highest BCUT2D eigenvalue weighted by Gasteiger charge is 2.22. The van der Waals surface area contributed by atoms with Crippen LogP contribution in [-0.2, 0) is 4.74 Å². The normalized spacial score (nSPS) is 27.6. The zero-order valence-corrected chi connectivity index (χ0v) is 10.4. The molecular weight excluding hydrogens is 186 g/mol. The van der Waals surface area contributed by atoms with Gasteiger partial charge in [-0.2, -0.15) is 0 Å². The molecule has 0 aliphatic heterocycles. The quantitative estimate of drug-likeness (QED) is 0.541. The first-order valence-electron chi connectivity index (χ1n) is 6.73. The van der Waals surface area contributed by atoms with Crippen molar-refractivity contribution in [1.29, 1.82) is 0 Å². The Morgan fingerprint density at radius 2 is 1.93 bits per heavy atom. The molecule has 0 spiro atoms. The van der Waals surface area contributed by atoms with Gasteiger partial charge in [0.1, 0.15) is 0 Å². The molecule has 2 unspecified atom stereocenters. The molecule has 1 aliphatic rings. The van der Waals surface area contributed by atoms with Crippen molar-refractivity contribution in [3.05, 3.63) is 0 Å². The average molecular weight is 213 g/mol. The molecule has 2 nitrogen and oxygen atoms in total. The average Bonchev–Trinajstić information content (AvgIpc) is 2.45. The number of ether oxygens (including phenoxy) is 1. The van der Waals surface area contributed by atoms with Crippen LogP contribution in [0, 0.1) is 0 Å². The Bertz CT molecular complexity index is 149. The third-order valence-corrected chi connectivity index (χ3v) is 3.25. The molecule has 0 aromatic heterocycles. The van der Waals surface area contributed by atoms with Gasteiger partial charge in [0.25, 0.3) is 0 Å². The molecule has 1 rings (SSSR count). The van der Waals surface area contributed by atoms with Gasteiger partial charge in [-0.25, -0.2) is 0 Å². The van der Waals surface area contributed by atoms with Gasteiger partial charge in [0.05, 0.1) is 6.10 Å². The molecule has 1 fully saturated rings. The van der Waals surface area contributed by atoms with E-state index in [2.05, 4.69) is 19.2 Å². The van der Waals surface area contributed by atoms with Crippen LogP contribution < -0.4 is 5.32 Å². The number of hydrogen-bond acceptors (Lipinski definition) is 2. The first kappa shape index (κ1) is 13.0. The highest BCUT2D eigenvalue weighted by atomic mass is 16.5. The van der Waals surface area contributed by atoms with Gasteiger partial charge in [0.2, 0.25) is 0 Å². The van der Waals surface area contributed by atoms with E-state index in [1.807, 2.05) is 0 Å². The lowest BCUT2D eigenvalue weighted by Gasteiger charge is -2.26. The first-order chi connectivity index (χ1) is 7.38. The number of nitrogens with one attached hydrogen (secondary N) is 1. The fourth-order valence-electron chi connectivity index (χ4n) is 2.35. The Kier molecular flexibility index (Phi) is 7.03. The van der Waals surface area contributed by atoms with Crippen molar-refractivity contribution in [3.63, 3.8) is 0 Å². The van der Waals surface area contributed by atoms with Crippen LogP contribution in [0.4, 0.5) is 0 Å². The van der Waals surface area contributed by atoms with E-state index in [0.29, 0.717) is 12.1 Å². The number of likely N-dealkylation sites (N-methyl/N-ethyl adjacent to an activating group) is 1. The van der Waals surface area contributed by atoms with Crippen molar-refractivity contribution in [2.45, 2.75) is 70.9 Å². The van der Waals surface area contributed by atoms with E-state index >= 15 is 0 Å². The van der Waals surface area contributed by atoms with Gasteiger partial charge < -0.3 is 10.1 Å². The first-order valence-corrected chi connectivity index (χ1v) is 6.73. The van der Waals surface area contributed by atoms with Gasteiger partial charge in [-0.3, -0.25) is 0 Å². The molecular formula is C13H27NO. The van der Waals surface area contributed by atoms with E-state index in [1.54, 1.807) is 0 Å². The molecule has 90 valence electrons. The predicted molar refractivity (Wildman–Crippen MR) is 65.2 cm³/mol. The second kappa shape index (κ2) is 8.12. The Balaban J connectivity index is 2.32. The van der Waals surface area contributed by atoms with E-state index in [4.69, 9.17) is 4.74 Å². The summed E-state index contributed by atoms with van der Waals surface area (Å²) in [5.74, 6) is 0. The van der Waals surface area contributed by atoms with E-state index in [0.717, 1.165) is 13.2 Å². The summed E-state index contributed by atoms with van der Waals surface area (Å²) < 4.78 is 6.01. The van der Waals surface area contributed by atoms with Crippen LogP contribution in [-0.4, -0.2) is 25.3 Å². The van der Waals surface area contributed by atoms with E-state index in [1.165, 1.54) is 44.9 Å². The van der Waals surface area contributed by atoms with Crippen LogP contribution in [0.2, 0.25) is 0 Å². The highest BCUT2D eigenvalue weighted by Crippen LogP contribution is 2.20. The van der Waals surface area contributed by atoms with Crippen molar-refractivity contribution < 1.29 is 4.74 Å². The molecule has 0 heterocycles. The molecule has 0 saturated heterocycles. The maximum Gasteiger partial charge on any atom is 0.0728 e. The van der Waals surface area contributed by atoms with Crippen molar-refractivity contribution >= 4 is 0 Å². The Labute approximate surface area is 94.8 Å². The third kappa shape index (κ3) is 4.98. The minimum Gasteiger partial charge on any atom is -0.377 e. The summed E-state index contributed by atoms with van der Waals surface area (Å²) in [4.78, 5) is 0. The second-order valence-corrected chi connectivity index (χ2v) is 4.56. The van der Waals surface area contributed by atoms with Crippen molar-refractivity contribution in [1.82, 2.24) is 5.32 Å². The lowest BCUT2D eigenvalue weighted by Crippen LogP contribution is -2.40. The summed E-state index contributed by atoms with van der Waals surface area (Å²) in [7, 11) is 0. The van der Waals surface area contributed by atoms with Gasteiger partial charge in [0.15, 0.2) is 0 Å². The Morgan fingerprint density at radius 1 is 1.13 bits per heavy atom. The van der Waals surface area contributed by atoms with Crippen molar-refractivity contribution in [3.8, 4) is 0 Å². The summed E-state index contributed by atoms with van der Waals surface area (Å²) >= 11 is 0. The zero-order valence-electron chi connectivity index (χ0n) is 10.4. The summed E-state index contributed by atoms with van der Waals surface area (Å²) in [5, 5.41) is 3.58. The molecule has 0 aromatic carbocycles. The molecule has 2 atom stereocenters. The minimum atomic E-state index is 0.471. The molecule has 1 aliphatic carbocycles. The molecule has 0 radical (unpaired) electrons. The van der Waals surface area contributed by atoms with Gasteiger partial charge in [-0.15, -0.1) is 0 Å². The summed E-state index contributed by atoms with van der Waals surface area (Å²) in [6, 6.07) is 0.606. The lowest BCUT2D eigenvalue weighted by atomic mass is 10.1. The van der Waals surface area contributed by atoms with Crippen LogP contribution in [0.5, 0.6) is 0 Å². The number of unbranched alkanes of at least 4 members (excludes halogenated alkanes) is 1. The topological polar surface area (TPSA) is 21.3 Å². The predicted octanol–water partition coefficient (Wildman–Crippen LogP) is 3.11.